The van der Waals surface area contributed by atoms with Gasteiger partial charge >= 0.3 is 0 Å². The Morgan fingerprint density at radius 1 is 1.39 bits per heavy atom. The molecule has 0 N–H and O–H groups in total. The summed E-state index contributed by atoms with van der Waals surface area (Å²) in [4.78, 5) is 10.9. The molecular formula is C14H11FN2O. The van der Waals surface area contributed by atoms with Crippen molar-refractivity contribution in [3.8, 4) is 11.8 Å². The fraction of sp³-hybridized carbons (Fsp3) is 0.143. The molecule has 0 aliphatic heterocycles. The van der Waals surface area contributed by atoms with E-state index in [-0.39, 0.29) is 5.56 Å². The van der Waals surface area contributed by atoms with Crippen LogP contribution in [0.2, 0.25) is 0 Å². The van der Waals surface area contributed by atoms with E-state index in [1.54, 1.807) is 29.7 Å². The van der Waals surface area contributed by atoms with Gasteiger partial charge in [-0.1, -0.05) is 6.07 Å². The molecule has 0 unspecified atom stereocenters. The highest BCUT2D eigenvalue weighted by molar-refractivity contribution is 5.78. The third-order valence-corrected chi connectivity index (χ3v) is 2.94. The maximum absolute atomic E-state index is 13.6. The number of nitriles is 1. The van der Waals surface area contributed by atoms with Crippen LogP contribution in [-0.4, -0.2) is 10.9 Å². The van der Waals surface area contributed by atoms with Crippen LogP contribution in [0.1, 0.15) is 27.3 Å². The van der Waals surface area contributed by atoms with Crippen molar-refractivity contribution in [1.82, 2.24) is 4.57 Å². The Labute approximate surface area is 104 Å². The van der Waals surface area contributed by atoms with E-state index in [0.717, 1.165) is 12.0 Å². The van der Waals surface area contributed by atoms with Gasteiger partial charge in [-0.25, -0.2) is 4.39 Å². The molecule has 2 aromatic rings. The Kier molecular flexibility index (Phi) is 2.99. The summed E-state index contributed by atoms with van der Waals surface area (Å²) in [5.74, 6) is -0.560. The Hall–Kier alpha value is -2.41. The molecular weight excluding hydrogens is 231 g/mol. The summed E-state index contributed by atoms with van der Waals surface area (Å²) in [6.07, 6.45) is 0.754. The Balaban J connectivity index is 2.78. The number of aromatic nitrogens is 1. The van der Waals surface area contributed by atoms with E-state index in [4.69, 9.17) is 5.26 Å². The first-order valence-electron chi connectivity index (χ1n) is 5.43. The van der Waals surface area contributed by atoms with Crippen molar-refractivity contribution in [1.29, 1.82) is 5.26 Å². The predicted octanol–water partition coefficient (Wildman–Crippen LogP) is 2.92. The van der Waals surface area contributed by atoms with Crippen molar-refractivity contribution < 1.29 is 9.18 Å². The lowest BCUT2D eigenvalue weighted by Gasteiger charge is -2.11. The smallest absolute Gasteiger partial charge is 0.151 e. The zero-order valence-electron chi connectivity index (χ0n) is 10.1. The lowest BCUT2D eigenvalue weighted by Crippen LogP contribution is -2.03. The van der Waals surface area contributed by atoms with Crippen molar-refractivity contribution in [3.63, 3.8) is 0 Å². The van der Waals surface area contributed by atoms with Crippen LogP contribution in [0.4, 0.5) is 4.39 Å². The molecule has 0 amide bonds. The maximum atomic E-state index is 13.6. The van der Waals surface area contributed by atoms with Gasteiger partial charge in [0.1, 0.15) is 17.4 Å². The molecule has 0 bridgehead atoms. The van der Waals surface area contributed by atoms with Crippen LogP contribution in [0.15, 0.2) is 24.3 Å². The second-order valence-corrected chi connectivity index (χ2v) is 4.03. The average Bonchev–Trinajstić information content (AvgIpc) is 2.64. The number of aryl methyl sites for hydroxylation is 1. The number of carbonyl (C=O) groups is 1. The van der Waals surface area contributed by atoms with Crippen LogP contribution in [0, 0.1) is 31.0 Å². The molecule has 0 saturated heterocycles. The number of hydrogen-bond donors (Lipinski definition) is 0. The SMILES string of the molecule is Cc1cc(C=O)c(C)n1-c1cccc(F)c1C#N. The van der Waals surface area contributed by atoms with E-state index in [0.29, 0.717) is 16.9 Å². The van der Waals surface area contributed by atoms with Gasteiger partial charge in [-0.3, -0.25) is 4.79 Å². The summed E-state index contributed by atoms with van der Waals surface area (Å²) in [5, 5.41) is 9.03. The largest absolute Gasteiger partial charge is 0.316 e. The molecule has 1 aromatic carbocycles. The van der Waals surface area contributed by atoms with Gasteiger partial charge in [0.2, 0.25) is 0 Å². The Bertz CT molecular complexity index is 665. The second kappa shape index (κ2) is 4.46. The molecule has 0 saturated carbocycles. The highest BCUT2D eigenvalue weighted by Gasteiger charge is 2.15. The molecule has 1 heterocycles. The molecule has 0 atom stereocenters. The number of halogens is 1. The summed E-state index contributed by atoms with van der Waals surface area (Å²) in [6, 6.07) is 8.03. The minimum atomic E-state index is -0.560. The first-order chi connectivity index (χ1) is 8.60. The molecule has 0 aliphatic carbocycles. The molecule has 0 aliphatic rings. The summed E-state index contributed by atoms with van der Waals surface area (Å²) >= 11 is 0. The second-order valence-electron chi connectivity index (χ2n) is 4.03. The quantitative estimate of drug-likeness (QED) is 0.760. The first-order valence-corrected chi connectivity index (χ1v) is 5.43. The highest BCUT2D eigenvalue weighted by atomic mass is 19.1. The van der Waals surface area contributed by atoms with Crippen LogP contribution in [0.3, 0.4) is 0 Å². The molecule has 4 heteroatoms. The third kappa shape index (κ3) is 1.70. The Morgan fingerprint density at radius 2 is 2.11 bits per heavy atom. The zero-order chi connectivity index (χ0) is 13.3. The first kappa shape index (κ1) is 12.1. The topological polar surface area (TPSA) is 45.8 Å². The van der Waals surface area contributed by atoms with E-state index in [2.05, 4.69) is 0 Å². The van der Waals surface area contributed by atoms with E-state index < -0.39 is 5.82 Å². The van der Waals surface area contributed by atoms with Gasteiger partial charge in [-0.15, -0.1) is 0 Å². The highest BCUT2D eigenvalue weighted by Crippen LogP contribution is 2.23. The van der Waals surface area contributed by atoms with Crippen LogP contribution in [0.5, 0.6) is 0 Å². The van der Waals surface area contributed by atoms with Gasteiger partial charge in [0.25, 0.3) is 0 Å². The molecule has 0 radical (unpaired) electrons. The monoisotopic (exact) mass is 242 g/mol. The van der Waals surface area contributed by atoms with Gasteiger partial charge in [-0.2, -0.15) is 5.26 Å². The molecule has 90 valence electrons. The van der Waals surface area contributed by atoms with Gasteiger partial charge in [0.15, 0.2) is 6.29 Å². The van der Waals surface area contributed by atoms with Crippen LogP contribution >= 0.6 is 0 Å². The van der Waals surface area contributed by atoms with Gasteiger partial charge in [0, 0.05) is 17.0 Å². The van der Waals surface area contributed by atoms with Crippen molar-refractivity contribution in [3.05, 3.63) is 52.6 Å². The van der Waals surface area contributed by atoms with Crippen molar-refractivity contribution >= 4 is 6.29 Å². The van der Waals surface area contributed by atoms with Gasteiger partial charge in [0.05, 0.1) is 5.69 Å². The fourth-order valence-corrected chi connectivity index (χ4v) is 2.09. The predicted molar refractivity (Wildman–Crippen MR) is 65.3 cm³/mol. The van der Waals surface area contributed by atoms with Crippen LogP contribution in [0.25, 0.3) is 5.69 Å². The van der Waals surface area contributed by atoms with Crippen molar-refractivity contribution in [2.24, 2.45) is 0 Å². The minimum Gasteiger partial charge on any atom is -0.316 e. The zero-order valence-corrected chi connectivity index (χ0v) is 10.1. The van der Waals surface area contributed by atoms with Crippen LogP contribution in [-0.2, 0) is 0 Å². The van der Waals surface area contributed by atoms with E-state index in [1.807, 2.05) is 13.0 Å². The normalized spacial score (nSPS) is 10.1. The number of nitrogens with zero attached hydrogens (tertiary/aromatic N) is 2. The summed E-state index contributed by atoms with van der Waals surface area (Å²) in [5.41, 5.74) is 2.47. The summed E-state index contributed by atoms with van der Waals surface area (Å²) < 4.78 is 15.3. The summed E-state index contributed by atoms with van der Waals surface area (Å²) in [6.45, 7) is 3.58. The lowest BCUT2D eigenvalue weighted by atomic mass is 10.1. The molecule has 3 nitrogen and oxygen atoms in total. The van der Waals surface area contributed by atoms with Crippen molar-refractivity contribution in [2.75, 3.05) is 0 Å². The number of carbonyl (C=O) groups excluding carboxylic acids is 1. The average molecular weight is 242 g/mol. The molecule has 1 aromatic heterocycles. The Morgan fingerprint density at radius 3 is 2.67 bits per heavy atom. The molecule has 2 rings (SSSR count). The number of rotatable bonds is 2. The van der Waals surface area contributed by atoms with Gasteiger partial charge < -0.3 is 4.57 Å². The lowest BCUT2D eigenvalue weighted by molar-refractivity contribution is 0.112. The molecule has 0 fully saturated rings. The number of aldehydes is 1. The maximum Gasteiger partial charge on any atom is 0.151 e. The molecule has 0 spiro atoms. The van der Waals surface area contributed by atoms with E-state index in [1.165, 1.54) is 6.07 Å². The van der Waals surface area contributed by atoms with E-state index >= 15 is 0 Å². The minimum absolute atomic E-state index is 0.0169. The fourth-order valence-electron chi connectivity index (χ4n) is 2.09. The van der Waals surface area contributed by atoms with Gasteiger partial charge in [-0.05, 0) is 32.0 Å². The third-order valence-electron chi connectivity index (χ3n) is 2.94. The number of hydrogen-bond acceptors (Lipinski definition) is 2. The van der Waals surface area contributed by atoms with Crippen LogP contribution < -0.4 is 0 Å². The van der Waals surface area contributed by atoms with E-state index in [9.17, 15) is 9.18 Å². The number of benzene rings is 1. The standard InChI is InChI=1S/C14H11FN2O/c1-9-6-11(8-18)10(2)17(9)14-5-3-4-13(15)12(14)7-16/h3-6,8H,1-2H3. The summed E-state index contributed by atoms with van der Waals surface area (Å²) in [7, 11) is 0. The molecule has 18 heavy (non-hydrogen) atoms. The van der Waals surface area contributed by atoms with Crippen molar-refractivity contribution in [2.45, 2.75) is 13.8 Å².